The third kappa shape index (κ3) is 4.77. The molecule has 7 heteroatoms. The summed E-state index contributed by atoms with van der Waals surface area (Å²) in [5.74, 6) is 0. The van der Waals surface area contributed by atoms with Crippen molar-refractivity contribution in [3.8, 4) is 0 Å². The van der Waals surface area contributed by atoms with Crippen LogP contribution in [0.2, 0.25) is 0 Å². The SMILES string of the molecule is Cc1ccnn1CC12CC3(C)CC(C)(C1)CC(NC(O)COC(=O)NC(C)(C)C)(C3)C2. The predicted octanol–water partition coefficient (Wildman–Crippen LogP) is 3.74. The highest BCUT2D eigenvalue weighted by Crippen LogP contribution is 2.71. The Labute approximate surface area is 186 Å². The van der Waals surface area contributed by atoms with Crippen molar-refractivity contribution in [2.75, 3.05) is 6.61 Å². The van der Waals surface area contributed by atoms with Crippen molar-refractivity contribution in [2.24, 2.45) is 16.2 Å². The van der Waals surface area contributed by atoms with Crippen molar-refractivity contribution < 1.29 is 14.6 Å². The van der Waals surface area contributed by atoms with Gasteiger partial charge in [-0.25, -0.2) is 4.79 Å². The molecule has 174 valence electrons. The van der Waals surface area contributed by atoms with Gasteiger partial charge in [-0.1, -0.05) is 13.8 Å². The van der Waals surface area contributed by atoms with Crippen molar-refractivity contribution in [1.29, 1.82) is 0 Å². The molecular weight excluding hydrogens is 392 g/mol. The van der Waals surface area contributed by atoms with E-state index in [1.807, 2.05) is 27.0 Å². The van der Waals surface area contributed by atoms with E-state index >= 15 is 0 Å². The lowest BCUT2D eigenvalue weighted by molar-refractivity contribution is -0.181. The summed E-state index contributed by atoms with van der Waals surface area (Å²) in [6, 6.07) is 2.07. The summed E-state index contributed by atoms with van der Waals surface area (Å²) >= 11 is 0. The molecule has 7 nitrogen and oxygen atoms in total. The fourth-order valence-electron chi connectivity index (χ4n) is 8.04. The first-order chi connectivity index (χ1) is 14.2. The molecule has 0 spiro atoms. The van der Waals surface area contributed by atoms with Gasteiger partial charge in [-0.05, 0) is 88.5 Å². The van der Waals surface area contributed by atoms with Gasteiger partial charge in [-0.15, -0.1) is 0 Å². The summed E-state index contributed by atoms with van der Waals surface area (Å²) in [6.07, 6.45) is 7.30. The summed E-state index contributed by atoms with van der Waals surface area (Å²) in [7, 11) is 0. The van der Waals surface area contributed by atoms with E-state index in [0.717, 1.165) is 25.8 Å². The summed E-state index contributed by atoms with van der Waals surface area (Å²) in [5, 5.41) is 21.7. The Morgan fingerprint density at radius 3 is 2.39 bits per heavy atom. The van der Waals surface area contributed by atoms with Crippen molar-refractivity contribution in [1.82, 2.24) is 20.4 Å². The molecule has 1 aromatic heterocycles. The van der Waals surface area contributed by atoms with Gasteiger partial charge in [0.25, 0.3) is 0 Å². The van der Waals surface area contributed by atoms with Gasteiger partial charge in [0.05, 0.1) is 0 Å². The van der Waals surface area contributed by atoms with Gasteiger partial charge in [-0.2, -0.15) is 5.10 Å². The molecule has 1 amide bonds. The average molecular weight is 433 g/mol. The molecule has 4 saturated carbocycles. The zero-order valence-corrected chi connectivity index (χ0v) is 20.0. The number of aliphatic hydroxyl groups is 1. The molecule has 4 bridgehead atoms. The van der Waals surface area contributed by atoms with Gasteiger partial charge in [0, 0.05) is 29.5 Å². The standard InChI is InChI=1S/C24H40N4O3/c1-17-7-8-25-28(17)16-23-11-21(5)10-22(6,12-23)14-24(13-21,15-23)26-18(29)9-31-19(30)27-20(2,3)4/h7-8,18,26,29H,9-16H2,1-6H3,(H,27,30). The number of carbonyl (C=O) groups excluding carboxylic acids is 1. The van der Waals surface area contributed by atoms with Crippen molar-refractivity contribution in [3.63, 3.8) is 0 Å². The second kappa shape index (κ2) is 7.20. The fourth-order valence-corrected chi connectivity index (χ4v) is 8.04. The molecule has 4 aliphatic carbocycles. The Kier molecular flexibility index (Phi) is 5.25. The van der Waals surface area contributed by atoms with E-state index in [1.54, 1.807) is 0 Å². The molecule has 5 rings (SSSR count). The number of ether oxygens (including phenoxy) is 1. The number of aryl methyl sites for hydroxylation is 1. The minimum atomic E-state index is -0.877. The van der Waals surface area contributed by atoms with Gasteiger partial charge in [0.2, 0.25) is 0 Å². The Morgan fingerprint density at radius 1 is 1.19 bits per heavy atom. The topological polar surface area (TPSA) is 88.4 Å². The molecule has 4 fully saturated rings. The van der Waals surface area contributed by atoms with E-state index in [9.17, 15) is 9.90 Å². The Bertz CT molecular complexity index is 824. The first-order valence-electron chi connectivity index (χ1n) is 11.6. The largest absolute Gasteiger partial charge is 0.445 e. The molecule has 0 aromatic carbocycles. The third-order valence-corrected chi connectivity index (χ3v) is 7.44. The molecule has 3 unspecified atom stereocenters. The number of nitrogens with zero attached hydrogens (tertiary/aromatic N) is 2. The molecular formula is C24H40N4O3. The zero-order chi connectivity index (χ0) is 22.7. The molecule has 0 saturated heterocycles. The fraction of sp³-hybridized carbons (Fsp3) is 0.833. The van der Waals surface area contributed by atoms with Crippen LogP contribution in [0.15, 0.2) is 12.3 Å². The minimum absolute atomic E-state index is 0.0532. The number of carbonyl (C=O) groups is 1. The van der Waals surface area contributed by atoms with E-state index in [0.29, 0.717) is 0 Å². The van der Waals surface area contributed by atoms with Gasteiger partial charge < -0.3 is 15.2 Å². The molecule has 1 aromatic rings. The van der Waals surface area contributed by atoms with Gasteiger partial charge in [-0.3, -0.25) is 10.00 Å². The number of alkyl carbamates (subject to hydrolysis) is 1. The smallest absolute Gasteiger partial charge is 0.407 e. The number of amides is 1. The second-order valence-electron chi connectivity index (χ2n) is 12.7. The molecule has 0 radical (unpaired) electrons. The lowest BCUT2D eigenvalue weighted by Crippen LogP contribution is -2.69. The summed E-state index contributed by atoms with van der Waals surface area (Å²) in [6.45, 7) is 13.5. The van der Waals surface area contributed by atoms with Crippen molar-refractivity contribution in [3.05, 3.63) is 18.0 Å². The van der Waals surface area contributed by atoms with E-state index in [1.165, 1.54) is 25.0 Å². The third-order valence-electron chi connectivity index (χ3n) is 7.44. The van der Waals surface area contributed by atoms with Crippen LogP contribution >= 0.6 is 0 Å². The number of hydrogen-bond acceptors (Lipinski definition) is 5. The van der Waals surface area contributed by atoms with Gasteiger partial charge in [0.15, 0.2) is 0 Å². The van der Waals surface area contributed by atoms with Crippen LogP contribution in [0.5, 0.6) is 0 Å². The van der Waals surface area contributed by atoms with E-state index in [4.69, 9.17) is 4.74 Å². The second-order valence-corrected chi connectivity index (χ2v) is 12.7. The molecule has 1 heterocycles. The normalized spacial score (nSPS) is 37.6. The highest BCUT2D eigenvalue weighted by Gasteiger charge is 2.65. The maximum Gasteiger partial charge on any atom is 0.407 e. The predicted molar refractivity (Wildman–Crippen MR) is 119 cm³/mol. The first-order valence-corrected chi connectivity index (χ1v) is 11.6. The lowest BCUT2D eigenvalue weighted by Gasteiger charge is -2.70. The number of rotatable bonds is 6. The van der Waals surface area contributed by atoms with Crippen LogP contribution in [0, 0.1) is 23.2 Å². The van der Waals surface area contributed by atoms with Gasteiger partial charge >= 0.3 is 6.09 Å². The number of aromatic nitrogens is 2. The van der Waals surface area contributed by atoms with Crippen molar-refractivity contribution >= 4 is 6.09 Å². The van der Waals surface area contributed by atoms with Crippen LogP contribution in [0.1, 0.15) is 78.8 Å². The van der Waals surface area contributed by atoms with Crippen LogP contribution in [0.25, 0.3) is 0 Å². The van der Waals surface area contributed by atoms with Crippen LogP contribution in [-0.2, 0) is 11.3 Å². The number of nitrogens with one attached hydrogen (secondary N) is 2. The molecule has 31 heavy (non-hydrogen) atoms. The Morgan fingerprint density at radius 2 is 1.84 bits per heavy atom. The minimum Gasteiger partial charge on any atom is -0.445 e. The highest BCUT2D eigenvalue weighted by atomic mass is 16.6. The average Bonchev–Trinajstić information content (AvgIpc) is 2.91. The molecule has 0 aliphatic heterocycles. The Balaban J connectivity index is 1.48. The van der Waals surface area contributed by atoms with Crippen LogP contribution in [0.3, 0.4) is 0 Å². The van der Waals surface area contributed by atoms with Crippen LogP contribution in [-0.4, -0.2) is 44.9 Å². The van der Waals surface area contributed by atoms with E-state index in [-0.39, 0.29) is 33.9 Å². The number of aliphatic hydroxyl groups excluding tert-OH is 1. The summed E-state index contributed by atoms with van der Waals surface area (Å²) in [4.78, 5) is 12.0. The maximum absolute atomic E-state index is 12.0. The molecule has 4 aliphatic rings. The van der Waals surface area contributed by atoms with Crippen LogP contribution in [0.4, 0.5) is 4.79 Å². The molecule has 3 atom stereocenters. The summed E-state index contributed by atoms with van der Waals surface area (Å²) in [5.41, 5.74) is 1.37. The van der Waals surface area contributed by atoms with Crippen molar-refractivity contribution in [2.45, 2.75) is 104 Å². The summed E-state index contributed by atoms with van der Waals surface area (Å²) < 4.78 is 7.45. The Hall–Kier alpha value is -1.60. The molecule has 3 N–H and O–H groups in total. The number of hydrogen-bond donors (Lipinski definition) is 3. The van der Waals surface area contributed by atoms with Crippen LogP contribution < -0.4 is 10.6 Å². The van der Waals surface area contributed by atoms with E-state index < -0.39 is 12.3 Å². The first kappa shape index (κ1) is 22.6. The maximum atomic E-state index is 12.0. The van der Waals surface area contributed by atoms with E-state index in [2.05, 4.69) is 47.3 Å². The monoisotopic (exact) mass is 432 g/mol. The quantitative estimate of drug-likeness (QED) is 0.596. The highest BCUT2D eigenvalue weighted by molar-refractivity contribution is 5.68. The lowest BCUT2D eigenvalue weighted by atomic mass is 9.38. The zero-order valence-electron chi connectivity index (χ0n) is 20.0. The van der Waals surface area contributed by atoms with Gasteiger partial charge in [0.1, 0.15) is 12.8 Å².